The predicted octanol–water partition coefficient (Wildman–Crippen LogP) is -14.5. The van der Waals surface area contributed by atoms with Gasteiger partial charge in [0.15, 0.2) is 0 Å². The summed E-state index contributed by atoms with van der Waals surface area (Å²) in [5.74, 6) is -3.62. The first-order valence-electron chi connectivity index (χ1n) is 15.2. The van der Waals surface area contributed by atoms with Crippen LogP contribution in [0.2, 0.25) is 0 Å². The van der Waals surface area contributed by atoms with Gasteiger partial charge in [0.1, 0.15) is 0 Å². The first kappa shape index (κ1) is 86.9. The molecule has 0 atom stereocenters. The molecule has 34 N–H and O–H groups in total. The van der Waals surface area contributed by atoms with Gasteiger partial charge in [0.25, 0.3) is 0 Å². The van der Waals surface area contributed by atoms with Crippen LogP contribution in [0, 0.1) is 98.8 Å². The van der Waals surface area contributed by atoms with Crippen LogP contribution < -0.4 is 30.6 Å². The van der Waals surface area contributed by atoms with Gasteiger partial charge in [0, 0.05) is 22.8 Å². The van der Waals surface area contributed by atoms with E-state index in [1.165, 1.54) is 48.5 Å². The maximum atomic E-state index is 10.5. The van der Waals surface area contributed by atoms with Gasteiger partial charge < -0.3 is 116 Å². The monoisotopic (exact) mass is 1280 g/mol. The Morgan fingerprint density at radius 3 is 0.871 bits per heavy atom. The Balaban J connectivity index is -0.0000000804. The largest absolute Gasteiger partial charge is 3.00 e. The summed E-state index contributed by atoms with van der Waals surface area (Å²) in [7, 11) is 0. The van der Waals surface area contributed by atoms with Crippen LogP contribution >= 0.6 is 0 Å². The Kier molecular flexibility index (Phi) is 54.6. The molecule has 0 bridgehead atoms. The minimum Gasteiger partial charge on any atom is -0.545 e. The molecular formula is C32H50Eu2N16O20+8. The smallest absolute Gasteiger partial charge is 0.545 e. The third-order valence-corrected chi connectivity index (χ3v) is 6.75. The summed E-state index contributed by atoms with van der Waals surface area (Å²) in [4.78, 5) is 42.2. The van der Waals surface area contributed by atoms with Crippen LogP contribution in [-0.4, -0.2) is 118 Å². The van der Waals surface area contributed by atoms with Crippen molar-refractivity contribution in [1.29, 1.82) is 0 Å². The summed E-state index contributed by atoms with van der Waals surface area (Å²) in [6.45, 7) is 0. The van der Waals surface area contributed by atoms with E-state index in [-0.39, 0.29) is 187 Å². The van der Waals surface area contributed by atoms with Crippen molar-refractivity contribution in [3.63, 3.8) is 0 Å². The minimum absolute atomic E-state index is 0. The average Bonchev–Trinajstić information content (AvgIpc) is 4.08. The number of carbonyl (C=O) groups excluding carboxylic acids is 4. The molecule has 0 aliphatic carbocycles. The second-order valence-electron chi connectivity index (χ2n) is 10.3. The number of H-pyrrole nitrogens is 2. The number of hydrogen-bond acceptors (Lipinski definition) is 20. The fraction of sp³-hybridized carbons (Fsp3) is 0. The molecule has 0 aliphatic rings. The van der Waals surface area contributed by atoms with E-state index in [9.17, 15) is 39.6 Å². The van der Waals surface area contributed by atoms with Gasteiger partial charge in [-0.2, -0.15) is 20.9 Å². The summed E-state index contributed by atoms with van der Waals surface area (Å²) in [5, 5.41) is 96.0. The van der Waals surface area contributed by atoms with Gasteiger partial charge in [-0.05, 0) is 68.1 Å². The molecule has 0 spiro atoms. The van der Waals surface area contributed by atoms with Crippen molar-refractivity contribution in [2.75, 3.05) is 0 Å². The molecule has 0 unspecified atom stereocenters. The molecule has 0 aliphatic heterocycles. The number of rotatable bonds is 8. The van der Waals surface area contributed by atoms with Crippen LogP contribution in [0.4, 0.5) is 0 Å². The average molecular weight is 1280 g/mol. The molecule has 0 amide bonds. The maximum Gasteiger partial charge on any atom is 3.00 e. The van der Waals surface area contributed by atoms with Crippen LogP contribution in [0.3, 0.4) is 0 Å². The molecule has 0 saturated carbocycles. The zero-order valence-corrected chi connectivity index (χ0v) is 40.0. The van der Waals surface area contributed by atoms with Gasteiger partial charge in [0.2, 0.25) is 11.6 Å². The molecule has 70 heavy (non-hydrogen) atoms. The fourth-order valence-electron chi connectivity index (χ4n) is 4.23. The summed E-state index contributed by atoms with van der Waals surface area (Å²) >= 11 is 0. The van der Waals surface area contributed by atoms with Crippen molar-refractivity contribution >= 4 is 23.9 Å². The van der Waals surface area contributed by atoms with Crippen LogP contribution in [-0.2, 0) is 43.8 Å². The van der Waals surface area contributed by atoms with Crippen LogP contribution in [0.1, 0.15) is 41.4 Å². The van der Waals surface area contributed by atoms with E-state index in [0.29, 0.717) is 45.6 Å². The summed E-state index contributed by atoms with van der Waals surface area (Å²) < 4.78 is 0. The molecule has 4 heterocycles. The number of hydrogen-bond donors (Lipinski definition) is 2. The van der Waals surface area contributed by atoms with Gasteiger partial charge in [-0.3, -0.25) is 20.6 Å². The number of carboxylic acids is 4. The zero-order valence-electron chi connectivity index (χ0n) is 35.1. The molecule has 36 nitrogen and oxygen atoms in total. The van der Waals surface area contributed by atoms with Crippen molar-refractivity contribution in [2.45, 2.75) is 0 Å². The van der Waals surface area contributed by atoms with E-state index < -0.39 is 23.9 Å². The number of nitrogens with one attached hydrogen (secondary N) is 2. The number of aromatic carboxylic acids is 4. The Morgan fingerprint density at radius 1 is 0.400 bits per heavy atom. The second-order valence-corrected chi connectivity index (χ2v) is 10.3. The second kappa shape index (κ2) is 44.0. The molecule has 0 fully saturated rings. The van der Waals surface area contributed by atoms with E-state index in [2.05, 4.69) is 82.5 Å². The van der Waals surface area contributed by atoms with Crippen molar-refractivity contribution in [3.8, 4) is 45.6 Å². The van der Waals surface area contributed by atoms with Gasteiger partial charge in [-0.1, -0.05) is 72.8 Å². The number of benzene rings is 4. The number of tetrazole rings is 4. The number of aromatic nitrogens is 16. The molecule has 8 rings (SSSR count). The normalized spacial score (nSPS) is 8.00. The Hall–Kier alpha value is -6.27. The van der Waals surface area contributed by atoms with Crippen molar-refractivity contribution in [3.05, 3.63) is 119 Å². The summed E-state index contributed by atoms with van der Waals surface area (Å²) in [6.07, 6.45) is 0. The number of nitrogens with zero attached hydrogens (tertiary/aromatic N) is 14. The third kappa shape index (κ3) is 25.9. The van der Waals surface area contributed by atoms with Crippen LogP contribution in [0.15, 0.2) is 97.1 Å². The van der Waals surface area contributed by atoms with Crippen LogP contribution in [0.25, 0.3) is 45.6 Å². The molecule has 0 radical (unpaired) electrons. The standard InChI is InChI=1S/4C8H6N4O2.2Eu.12H2O/c4*13-8(14)6-3-1-2-5(4-6)7-9-11-12-10-7;;;;;;;;;;;;;;/h2*1-4H,(H,13,14)(H,9,10,11,12);2*1-4H,(H2,9,10,11,12,13,14);;;12*1H2/q;;;;2*+3;;;;;;;;;;;;/p+2. The molecule has 384 valence electrons. The minimum atomic E-state index is -1.24. The number of carboxylic acid groups (broad SMARTS) is 4. The Bertz CT molecular complexity index is 2200. The summed E-state index contributed by atoms with van der Waals surface area (Å²) in [5.41, 5.74) is 2.61. The Labute approximate surface area is 470 Å². The Morgan fingerprint density at radius 2 is 0.657 bits per heavy atom. The number of carbonyl (C=O) groups is 4. The zero-order chi connectivity index (χ0) is 39.9. The molecule has 4 aromatic heterocycles. The van der Waals surface area contributed by atoms with Crippen LogP contribution in [0.5, 0.6) is 0 Å². The van der Waals surface area contributed by atoms with Crippen molar-refractivity contribution in [1.82, 2.24) is 82.5 Å². The van der Waals surface area contributed by atoms with E-state index in [0.717, 1.165) is 0 Å². The summed E-state index contributed by atoms with van der Waals surface area (Å²) in [6, 6.07) is 24.5. The van der Waals surface area contributed by atoms with E-state index in [4.69, 9.17) is 0 Å². The maximum absolute atomic E-state index is 10.5. The molecule has 0 saturated heterocycles. The van der Waals surface area contributed by atoms with Gasteiger partial charge in [-0.25, -0.2) is 0 Å². The third-order valence-electron chi connectivity index (χ3n) is 6.75. The molecular weight excluding hydrogens is 1230 g/mol. The molecule has 8 aromatic rings. The van der Waals surface area contributed by atoms with E-state index in [1.807, 2.05) is 0 Å². The van der Waals surface area contributed by atoms with Crippen molar-refractivity contribution in [2.24, 2.45) is 0 Å². The SMILES string of the molecule is O.O.O.O.O=C([O-])c1cccc(-c2nn[nH]n2)c1.O=C([O-])c1cccc(-c2nn[nH]n2)c1.O=C([O-])c1cccc(-c2nnn[n-]2)c1.O=C([O-])c1cccc(-c2nnn[n-]2)c1.[Eu+3].[Eu+3].[OH3+].[OH3+].[OH3+].[OH3+].[OH3+].[OH3+].[OH3+].[OH3+]. The number of aromatic amines is 2. The molecule has 38 heteroatoms. The van der Waals surface area contributed by atoms with E-state index in [1.54, 1.807) is 48.5 Å². The van der Waals surface area contributed by atoms with Gasteiger partial charge in [0.05, 0.1) is 23.9 Å². The van der Waals surface area contributed by atoms with Gasteiger partial charge in [-0.15, -0.1) is 20.4 Å². The quantitative estimate of drug-likeness (QED) is 0.133. The fourth-order valence-corrected chi connectivity index (χ4v) is 4.23. The molecule has 4 aromatic carbocycles. The van der Waals surface area contributed by atoms with Crippen molar-refractivity contribution < 1.29 is 204 Å². The van der Waals surface area contributed by atoms with Gasteiger partial charge >= 0.3 is 98.8 Å². The first-order valence-corrected chi connectivity index (χ1v) is 15.2. The predicted molar refractivity (Wildman–Crippen MR) is 227 cm³/mol. The topological polar surface area (TPSA) is 765 Å². The van der Waals surface area contributed by atoms with E-state index >= 15 is 0 Å². The first-order chi connectivity index (χ1) is 27.1.